The smallest absolute Gasteiger partial charge is 0.142 e. The molecule has 2 atom stereocenters. The molecule has 1 heterocycles. The van der Waals surface area contributed by atoms with E-state index in [0.29, 0.717) is 0 Å². The summed E-state index contributed by atoms with van der Waals surface area (Å²) < 4.78 is 0. The summed E-state index contributed by atoms with van der Waals surface area (Å²) in [6.45, 7) is 6.78. The lowest BCUT2D eigenvalue weighted by molar-refractivity contribution is 0.261. The van der Waals surface area contributed by atoms with E-state index in [1.54, 1.807) is 0 Å². The Balaban J connectivity index is 1.40. The summed E-state index contributed by atoms with van der Waals surface area (Å²) >= 11 is 0. The standard InChI is InChI=1S/C27H25N2/c1-20(24-15-7-11-22-9-3-5-13-26(22)24)28-17-18-29(19-28)21(2)25-16-8-12-23-10-4-6-14-27(23)25/h3-21H,1-2H3/t20-,21-/m0/s1. The van der Waals surface area contributed by atoms with Crippen LogP contribution in [0.15, 0.2) is 97.3 Å². The molecule has 29 heavy (non-hydrogen) atoms. The Morgan fingerprint density at radius 1 is 0.517 bits per heavy atom. The van der Waals surface area contributed by atoms with Gasteiger partial charge in [0.2, 0.25) is 0 Å². The average molecular weight is 378 g/mol. The van der Waals surface area contributed by atoms with Gasteiger partial charge in [0.1, 0.15) is 6.67 Å². The molecule has 0 amide bonds. The second-order valence-corrected chi connectivity index (χ2v) is 7.80. The Hall–Kier alpha value is -3.26. The fraction of sp³-hybridized carbons (Fsp3) is 0.148. The molecule has 0 unspecified atom stereocenters. The second kappa shape index (κ2) is 7.29. The molecule has 1 radical (unpaired) electrons. The summed E-state index contributed by atoms with van der Waals surface area (Å²) in [6, 6.07) is 31.0. The SMILES string of the molecule is C[C@@H](c1cccc2ccccc12)N1[CH]N([C@@H](C)c2cccc3ccccc23)C=C1. The van der Waals surface area contributed by atoms with E-state index in [2.05, 4.69) is 128 Å². The monoisotopic (exact) mass is 377 g/mol. The third-order valence-corrected chi connectivity index (χ3v) is 6.12. The first-order valence-corrected chi connectivity index (χ1v) is 10.3. The van der Waals surface area contributed by atoms with Gasteiger partial charge in [-0.05, 0) is 46.5 Å². The van der Waals surface area contributed by atoms with E-state index in [-0.39, 0.29) is 12.1 Å². The number of nitrogens with zero attached hydrogens (tertiary/aromatic N) is 2. The molecule has 0 aromatic heterocycles. The minimum absolute atomic E-state index is 0.266. The van der Waals surface area contributed by atoms with Crippen molar-refractivity contribution in [2.45, 2.75) is 25.9 Å². The lowest BCUT2D eigenvalue weighted by Crippen LogP contribution is -2.24. The van der Waals surface area contributed by atoms with Crippen LogP contribution in [0.1, 0.15) is 37.1 Å². The van der Waals surface area contributed by atoms with Crippen LogP contribution in [0.5, 0.6) is 0 Å². The van der Waals surface area contributed by atoms with Crippen molar-refractivity contribution in [1.82, 2.24) is 9.80 Å². The first-order valence-electron chi connectivity index (χ1n) is 10.3. The highest BCUT2D eigenvalue weighted by Crippen LogP contribution is 2.36. The van der Waals surface area contributed by atoms with Crippen molar-refractivity contribution in [2.24, 2.45) is 0 Å². The maximum absolute atomic E-state index is 2.31. The average Bonchev–Trinajstić information content (AvgIpc) is 3.28. The molecule has 0 saturated heterocycles. The van der Waals surface area contributed by atoms with Crippen LogP contribution in [0.2, 0.25) is 0 Å². The predicted octanol–water partition coefficient (Wildman–Crippen LogP) is 7.02. The lowest BCUT2D eigenvalue weighted by Gasteiger charge is -2.30. The normalized spacial score (nSPS) is 15.9. The summed E-state index contributed by atoms with van der Waals surface area (Å²) in [4.78, 5) is 4.62. The van der Waals surface area contributed by atoms with Gasteiger partial charge in [0.25, 0.3) is 0 Å². The molecular formula is C27H25N2. The van der Waals surface area contributed by atoms with E-state index in [4.69, 9.17) is 0 Å². The molecule has 2 nitrogen and oxygen atoms in total. The summed E-state index contributed by atoms with van der Waals surface area (Å²) in [7, 11) is 0. The van der Waals surface area contributed by atoms with Crippen molar-refractivity contribution in [3.05, 3.63) is 115 Å². The van der Waals surface area contributed by atoms with Crippen LogP contribution in [0.3, 0.4) is 0 Å². The largest absolute Gasteiger partial charge is 0.346 e. The van der Waals surface area contributed by atoms with E-state index in [9.17, 15) is 0 Å². The van der Waals surface area contributed by atoms with Gasteiger partial charge in [-0.2, -0.15) is 0 Å². The number of rotatable bonds is 4. The van der Waals surface area contributed by atoms with Crippen molar-refractivity contribution in [2.75, 3.05) is 0 Å². The molecule has 5 rings (SSSR count). The van der Waals surface area contributed by atoms with Crippen LogP contribution in [0.4, 0.5) is 0 Å². The molecule has 4 aromatic rings. The third kappa shape index (κ3) is 3.15. The van der Waals surface area contributed by atoms with Crippen LogP contribution in [0, 0.1) is 6.67 Å². The molecule has 0 bridgehead atoms. The molecule has 143 valence electrons. The predicted molar refractivity (Wildman–Crippen MR) is 122 cm³/mol. The van der Waals surface area contributed by atoms with Gasteiger partial charge < -0.3 is 9.80 Å². The van der Waals surface area contributed by atoms with E-state index >= 15 is 0 Å². The van der Waals surface area contributed by atoms with Crippen molar-refractivity contribution >= 4 is 21.5 Å². The Labute approximate surface area is 172 Å². The van der Waals surface area contributed by atoms with Gasteiger partial charge in [-0.15, -0.1) is 0 Å². The van der Waals surface area contributed by atoms with Gasteiger partial charge in [-0.25, -0.2) is 0 Å². The molecular weight excluding hydrogens is 352 g/mol. The fourth-order valence-corrected chi connectivity index (χ4v) is 4.39. The maximum atomic E-state index is 2.31. The number of benzene rings is 4. The molecule has 1 aliphatic rings. The highest BCUT2D eigenvalue weighted by molar-refractivity contribution is 5.86. The molecule has 0 aliphatic carbocycles. The summed E-state index contributed by atoms with van der Waals surface area (Å²) in [5, 5.41) is 5.23. The Morgan fingerprint density at radius 2 is 0.931 bits per heavy atom. The van der Waals surface area contributed by atoms with Gasteiger partial charge in [-0.3, -0.25) is 0 Å². The first kappa shape index (κ1) is 17.8. The summed E-state index contributed by atoms with van der Waals surface area (Å²) in [6.07, 6.45) is 4.38. The van der Waals surface area contributed by atoms with Gasteiger partial charge in [0, 0.05) is 12.4 Å². The molecule has 2 heteroatoms. The van der Waals surface area contributed by atoms with Crippen LogP contribution >= 0.6 is 0 Å². The molecule has 1 aliphatic heterocycles. The van der Waals surface area contributed by atoms with Gasteiger partial charge >= 0.3 is 0 Å². The fourth-order valence-electron chi connectivity index (χ4n) is 4.39. The molecule has 0 saturated carbocycles. The Morgan fingerprint density at radius 3 is 1.41 bits per heavy atom. The van der Waals surface area contributed by atoms with Crippen molar-refractivity contribution in [3.8, 4) is 0 Å². The summed E-state index contributed by atoms with van der Waals surface area (Å²) in [5.41, 5.74) is 2.70. The quantitative estimate of drug-likeness (QED) is 0.377. The third-order valence-electron chi connectivity index (χ3n) is 6.12. The minimum atomic E-state index is 0.266. The molecule has 0 spiro atoms. The first-order chi connectivity index (χ1) is 14.2. The van der Waals surface area contributed by atoms with Crippen LogP contribution in [-0.2, 0) is 0 Å². The van der Waals surface area contributed by atoms with Crippen LogP contribution in [0.25, 0.3) is 21.5 Å². The zero-order valence-corrected chi connectivity index (χ0v) is 16.9. The zero-order chi connectivity index (χ0) is 19.8. The minimum Gasteiger partial charge on any atom is -0.346 e. The van der Waals surface area contributed by atoms with Gasteiger partial charge in [-0.1, -0.05) is 84.9 Å². The molecule has 0 fully saturated rings. The Bertz CT molecular complexity index is 1090. The van der Waals surface area contributed by atoms with Crippen molar-refractivity contribution in [1.29, 1.82) is 0 Å². The van der Waals surface area contributed by atoms with Gasteiger partial charge in [0.15, 0.2) is 0 Å². The van der Waals surface area contributed by atoms with Crippen LogP contribution < -0.4 is 0 Å². The highest BCUT2D eigenvalue weighted by Gasteiger charge is 2.25. The van der Waals surface area contributed by atoms with E-state index < -0.39 is 0 Å². The maximum Gasteiger partial charge on any atom is 0.142 e. The number of hydrogen-bond donors (Lipinski definition) is 0. The zero-order valence-electron chi connectivity index (χ0n) is 16.9. The number of hydrogen-bond acceptors (Lipinski definition) is 2. The second-order valence-electron chi connectivity index (χ2n) is 7.80. The van der Waals surface area contributed by atoms with Crippen molar-refractivity contribution in [3.63, 3.8) is 0 Å². The highest BCUT2D eigenvalue weighted by atomic mass is 15.4. The topological polar surface area (TPSA) is 6.48 Å². The summed E-state index contributed by atoms with van der Waals surface area (Å²) in [5.74, 6) is 0. The van der Waals surface area contributed by atoms with Crippen LogP contribution in [-0.4, -0.2) is 9.80 Å². The Kier molecular flexibility index (Phi) is 4.48. The van der Waals surface area contributed by atoms with Crippen molar-refractivity contribution < 1.29 is 0 Å². The number of fused-ring (bicyclic) bond motifs is 2. The molecule has 0 N–H and O–H groups in total. The van der Waals surface area contributed by atoms with E-state index in [0.717, 1.165) is 0 Å². The molecule has 4 aromatic carbocycles. The lowest BCUT2D eigenvalue weighted by atomic mass is 9.98. The van der Waals surface area contributed by atoms with E-state index in [1.807, 2.05) is 0 Å². The van der Waals surface area contributed by atoms with E-state index in [1.165, 1.54) is 32.7 Å². The van der Waals surface area contributed by atoms with Gasteiger partial charge in [0.05, 0.1) is 12.1 Å².